The Morgan fingerprint density at radius 3 is 2.14 bits per heavy atom. The van der Waals surface area contributed by atoms with Crippen LogP contribution in [0.4, 0.5) is 5.00 Å². The summed E-state index contributed by atoms with van der Waals surface area (Å²) in [7, 11) is 1.58. The van der Waals surface area contributed by atoms with Crippen molar-refractivity contribution in [2.45, 2.75) is 97.8 Å². The number of nitrogens with zero attached hydrogens (tertiary/aromatic N) is 3. The number of anilines is 1. The number of likely N-dealkylation sites (N-methyl/N-ethyl adjacent to an activating group) is 1. The first-order valence-corrected chi connectivity index (χ1v) is 17.5. The summed E-state index contributed by atoms with van der Waals surface area (Å²) in [4.78, 5) is 35.8. The minimum atomic E-state index is -0.487. The molecule has 1 aromatic heterocycles. The fraction of sp³-hybridized carbons (Fsp3) is 0.583. The second-order valence-electron chi connectivity index (χ2n) is 11.6. The van der Waals surface area contributed by atoms with Gasteiger partial charge in [0.25, 0.3) is 0 Å². The molecule has 1 aliphatic heterocycles. The maximum absolute atomic E-state index is 13.3. The van der Waals surface area contributed by atoms with Crippen LogP contribution in [0.3, 0.4) is 0 Å². The quantitative estimate of drug-likeness (QED) is 0.0702. The van der Waals surface area contributed by atoms with Gasteiger partial charge in [-0.05, 0) is 63.2 Å². The summed E-state index contributed by atoms with van der Waals surface area (Å²) < 4.78 is 10.8. The highest BCUT2D eigenvalue weighted by molar-refractivity contribution is 7.17. The van der Waals surface area contributed by atoms with Gasteiger partial charge in [-0.1, -0.05) is 90.2 Å². The number of unbranched alkanes of at least 4 members (excludes halogenated alkanes) is 10. The number of esters is 1. The monoisotopic (exact) mass is 623 g/mol. The molecule has 1 aliphatic rings. The maximum atomic E-state index is 13.3. The zero-order valence-corrected chi connectivity index (χ0v) is 28.3. The van der Waals surface area contributed by atoms with Crippen molar-refractivity contribution in [2.75, 3.05) is 44.7 Å². The molecule has 7 nitrogen and oxygen atoms in total. The van der Waals surface area contributed by atoms with Gasteiger partial charge in [0.2, 0.25) is 5.90 Å². The molecule has 2 aromatic rings. The largest absolute Gasteiger partial charge is 0.496 e. The van der Waals surface area contributed by atoms with Crippen molar-refractivity contribution in [1.29, 1.82) is 0 Å². The van der Waals surface area contributed by atoms with E-state index in [1.165, 1.54) is 64.2 Å². The number of carbonyl (C=O) groups is 2. The number of rotatable bonds is 23. The molecule has 8 heteroatoms. The molecule has 0 radical (unpaired) electrons. The van der Waals surface area contributed by atoms with E-state index >= 15 is 0 Å². The number of para-hydroxylation sites is 1. The van der Waals surface area contributed by atoms with Crippen LogP contribution in [0.2, 0.25) is 0 Å². The van der Waals surface area contributed by atoms with Crippen molar-refractivity contribution >= 4 is 40.1 Å². The summed E-state index contributed by atoms with van der Waals surface area (Å²) in [6, 6.07) is 11.3. The van der Waals surface area contributed by atoms with Gasteiger partial charge in [-0.2, -0.15) is 0 Å². The van der Waals surface area contributed by atoms with E-state index in [2.05, 4.69) is 35.6 Å². The highest BCUT2D eigenvalue weighted by Gasteiger charge is 2.26. The number of ketones is 1. The zero-order chi connectivity index (χ0) is 31.6. The van der Waals surface area contributed by atoms with Crippen LogP contribution in [0, 0.1) is 0 Å². The van der Waals surface area contributed by atoms with E-state index < -0.39 is 5.97 Å². The lowest BCUT2D eigenvalue weighted by molar-refractivity contribution is -0.130. The van der Waals surface area contributed by atoms with Crippen molar-refractivity contribution in [2.24, 2.45) is 4.99 Å². The van der Waals surface area contributed by atoms with Gasteiger partial charge >= 0.3 is 5.97 Å². The summed E-state index contributed by atoms with van der Waals surface area (Å²) in [6.45, 7) is 10.2. The lowest BCUT2D eigenvalue weighted by Crippen LogP contribution is -2.38. The molecule has 0 saturated carbocycles. The van der Waals surface area contributed by atoms with Crippen LogP contribution in [0.5, 0.6) is 5.75 Å². The SMILES string of the molecule is CCCCCCCCN(CCCCCCCC)CC(=O)CN(CC)c1ccc(/C=C2/N=C(c3ccccc3OC)OC2=O)s1. The van der Waals surface area contributed by atoms with Gasteiger partial charge in [0, 0.05) is 11.4 Å². The van der Waals surface area contributed by atoms with E-state index in [1.54, 1.807) is 24.5 Å². The fourth-order valence-corrected chi connectivity index (χ4v) is 6.44. The normalized spacial score (nSPS) is 13.9. The third-order valence-electron chi connectivity index (χ3n) is 7.97. The van der Waals surface area contributed by atoms with Crippen molar-refractivity contribution in [3.63, 3.8) is 0 Å². The molecule has 0 spiro atoms. The number of hydrogen-bond donors (Lipinski definition) is 0. The number of carbonyl (C=O) groups excluding carboxylic acids is 2. The number of hydrogen-bond acceptors (Lipinski definition) is 8. The standard InChI is InChI=1S/C36H53N3O4S/c1-5-8-10-12-14-18-24-38(25-19-15-13-11-9-6-2)27-29(40)28-39(7-3)34-23-22-30(44-34)26-32-36(41)43-35(37-32)31-20-16-17-21-33(31)42-4/h16-17,20-23,26H,5-15,18-19,24-25,27-28H2,1-4H3/b32-26+. The first kappa shape index (κ1) is 35.5. The number of benzene rings is 1. The number of ether oxygens (including phenoxy) is 2. The Morgan fingerprint density at radius 1 is 0.864 bits per heavy atom. The Bertz CT molecular complexity index is 1210. The molecule has 0 aliphatic carbocycles. The molecular formula is C36H53N3O4S. The fourth-order valence-electron chi connectivity index (χ4n) is 5.43. The number of cyclic esters (lactones) is 1. The summed E-state index contributed by atoms with van der Waals surface area (Å²) in [5, 5.41) is 1.01. The lowest BCUT2D eigenvalue weighted by Gasteiger charge is -2.25. The van der Waals surface area contributed by atoms with Gasteiger partial charge < -0.3 is 14.4 Å². The minimum Gasteiger partial charge on any atom is -0.496 e. The van der Waals surface area contributed by atoms with E-state index in [0.717, 1.165) is 42.4 Å². The van der Waals surface area contributed by atoms with Crippen LogP contribution >= 0.6 is 11.3 Å². The van der Waals surface area contributed by atoms with Gasteiger partial charge in [-0.3, -0.25) is 9.69 Å². The first-order valence-electron chi connectivity index (χ1n) is 16.7. The lowest BCUT2D eigenvalue weighted by atomic mass is 10.1. The van der Waals surface area contributed by atoms with Crippen LogP contribution in [-0.2, 0) is 14.3 Å². The maximum Gasteiger partial charge on any atom is 0.363 e. The molecule has 0 unspecified atom stereocenters. The average Bonchev–Trinajstić information content (AvgIpc) is 3.65. The van der Waals surface area contributed by atoms with Crippen LogP contribution in [0.25, 0.3) is 6.08 Å². The van der Waals surface area contributed by atoms with Crippen LogP contribution < -0.4 is 9.64 Å². The smallest absolute Gasteiger partial charge is 0.363 e. The van der Waals surface area contributed by atoms with Crippen molar-refractivity contribution in [1.82, 2.24) is 4.90 Å². The van der Waals surface area contributed by atoms with Crippen molar-refractivity contribution in [3.05, 3.63) is 52.5 Å². The summed E-state index contributed by atoms with van der Waals surface area (Å²) in [6.07, 6.45) is 16.9. The first-order chi connectivity index (χ1) is 21.5. The molecule has 0 saturated heterocycles. The molecule has 0 amide bonds. The van der Waals surface area contributed by atoms with Crippen LogP contribution in [0.1, 0.15) is 108 Å². The predicted molar refractivity (Wildman–Crippen MR) is 184 cm³/mol. The Labute approximate surface area is 269 Å². The van der Waals surface area contributed by atoms with Crippen molar-refractivity contribution in [3.8, 4) is 5.75 Å². The highest BCUT2D eigenvalue weighted by Crippen LogP contribution is 2.30. The van der Waals surface area contributed by atoms with Gasteiger partial charge in [-0.15, -0.1) is 11.3 Å². The summed E-state index contributed by atoms with van der Waals surface area (Å²) >= 11 is 1.55. The van der Waals surface area contributed by atoms with E-state index in [9.17, 15) is 9.59 Å². The number of thiophene rings is 1. The number of methoxy groups -OCH3 is 1. The molecule has 1 aromatic carbocycles. The number of aliphatic imine (C=N–C) groups is 1. The predicted octanol–water partition coefficient (Wildman–Crippen LogP) is 8.52. The summed E-state index contributed by atoms with van der Waals surface area (Å²) in [5.74, 6) is 0.601. The zero-order valence-electron chi connectivity index (χ0n) is 27.4. The second-order valence-corrected chi connectivity index (χ2v) is 12.7. The molecule has 0 bridgehead atoms. The summed E-state index contributed by atoms with van der Waals surface area (Å²) in [5.41, 5.74) is 0.884. The van der Waals surface area contributed by atoms with Crippen LogP contribution in [-0.4, -0.2) is 62.4 Å². The molecule has 3 rings (SSSR count). The third-order valence-corrected chi connectivity index (χ3v) is 9.06. The van der Waals surface area contributed by atoms with Crippen molar-refractivity contribution < 1.29 is 19.1 Å². The van der Waals surface area contributed by atoms with Gasteiger partial charge in [0.15, 0.2) is 11.5 Å². The van der Waals surface area contributed by atoms with E-state index in [4.69, 9.17) is 9.47 Å². The van der Waals surface area contributed by atoms with E-state index in [-0.39, 0.29) is 17.4 Å². The van der Waals surface area contributed by atoms with Gasteiger partial charge in [0.05, 0.1) is 30.8 Å². The second kappa shape index (κ2) is 20.1. The Morgan fingerprint density at radius 2 is 1.50 bits per heavy atom. The minimum absolute atomic E-state index is 0.239. The molecule has 0 atom stereocenters. The van der Waals surface area contributed by atoms with E-state index in [1.807, 2.05) is 36.4 Å². The van der Waals surface area contributed by atoms with E-state index in [0.29, 0.717) is 24.4 Å². The molecule has 2 heterocycles. The van der Waals surface area contributed by atoms with Gasteiger partial charge in [0.1, 0.15) is 5.75 Å². The molecule has 44 heavy (non-hydrogen) atoms. The molecule has 242 valence electrons. The average molecular weight is 624 g/mol. The van der Waals surface area contributed by atoms with Crippen LogP contribution in [0.15, 0.2) is 47.1 Å². The molecule has 0 N–H and O–H groups in total. The number of Topliss-reactive ketones (excluding diaryl/α,β-unsaturated/α-hetero) is 1. The Hall–Kier alpha value is -2.97. The van der Waals surface area contributed by atoms with Gasteiger partial charge in [-0.25, -0.2) is 9.79 Å². The Kier molecular flexibility index (Phi) is 16.3. The third kappa shape index (κ3) is 11.8. The highest BCUT2D eigenvalue weighted by atomic mass is 32.1. The molecule has 0 fully saturated rings. The Balaban J connectivity index is 1.58. The topological polar surface area (TPSA) is 71.4 Å². The molecular weight excluding hydrogens is 570 g/mol.